The van der Waals surface area contributed by atoms with Gasteiger partial charge in [-0.25, -0.2) is 14.0 Å². The van der Waals surface area contributed by atoms with Crippen molar-refractivity contribution in [2.75, 3.05) is 0 Å². The summed E-state index contributed by atoms with van der Waals surface area (Å²) >= 11 is 0. The zero-order valence-electron chi connectivity index (χ0n) is 10.1. The van der Waals surface area contributed by atoms with Crippen LogP contribution in [0.3, 0.4) is 0 Å². The van der Waals surface area contributed by atoms with Crippen LogP contribution < -0.4 is 4.40 Å². The summed E-state index contributed by atoms with van der Waals surface area (Å²) in [5, 5.41) is 0. The van der Waals surface area contributed by atoms with E-state index >= 15 is 0 Å². The van der Waals surface area contributed by atoms with Gasteiger partial charge in [0, 0.05) is 18.0 Å². The predicted octanol–water partition coefficient (Wildman–Crippen LogP) is 1.30. The van der Waals surface area contributed by atoms with Crippen molar-refractivity contribution in [3.8, 4) is 11.4 Å². The highest BCUT2D eigenvalue weighted by atomic mass is 15.3. The first-order valence-electron chi connectivity index (χ1n) is 6.22. The van der Waals surface area contributed by atoms with E-state index in [2.05, 4.69) is 41.8 Å². The molecule has 5 nitrogen and oxygen atoms in total. The molecule has 5 rings (SSSR count). The number of fused-ring (bicyclic) bond motifs is 7. The topological polar surface area (TPSA) is 39.2 Å². The van der Waals surface area contributed by atoms with Crippen LogP contribution in [-0.4, -0.2) is 18.9 Å². The van der Waals surface area contributed by atoms with Crippen LogP contribution in [0.4, 0.5) is 0 Å². The van der Waals surface area contributed by atoms with Gasteiger partial charge in [0.1, 0.15) is 23.6 Å². The Morgan fingerprint density at radius 2 is 2.16 bits per heavy atom. The Labute approximate surface area is 108 Å². The average molecular weight is 248 g/mol. The second-order valence-corrected chi connectivity index (χ2v) is 4.82. The molecule has 0 radical (unpaired) electrons. The SMILES string of the molecule is c1cnc2c(c1)Cn1c-2c[n+]2cc3ccncn3c12. The van der Waals surface area contributed by atoms with E-state index in [-0.39, 0.29) is 0 Å². The summed E-state index contributed by atoms with van der Waals surface area (Å²) in [7, 11) is 0. The number of nitrogens with zero attached hydrogens (tertiary/aromatic N) is 5. The second-order valence-electron chi connectivity index (χ2n) is 4.82. The largest absolute Gasteiger partial charge is 0.376 e. The molecular weight excluding hydrogens is 238 g/mol. The Bertz CT molecular complexity index is 947. The lowest BCUT2D eigenvalue weighted by Gasteiger charge is -1.92. The Kier molecular flexibility index (Phi) is 1.46. The lowest BCUT2D eigenvalue weighted by molar-refractivity contribution is -0.508. The van der Waals surface area contributed by atoms with E-state index in [1.54, 1.807) is 0 Å². The maximum atomic E-state index is 4.50. The highest BCUT2D eigenvalue weighted by Crippen LogP contribution is 2.30. The fourth-order valence-corrected chi connectivity index (χ4v) is 2.95. The van der Waals surface area contributed by atoms with Gasteiger partial charge in [-0.3, -0.25) is 4.98 Å². The van der Waals surface area contributed by atoms with Crippen molar-refractivity contribution < 1.29 is 4.40 Å². The summed E-state index contributed by atoms with van der Waals surface area (Å²) in [5.74, 6) is 1.12. The van der Waals surface area contributed by atoms with Crippen LogP contribution in [0.25, 0.3) is 22.7 Å². The van der Waals surface area contributed by atoms with Crippen LogP contribution in [0.2, 0.25) is 0 Å². The third-order valence-electron chi connectivity index (χ3n) is 3.77. The Hall–Kier alpha value is -2.69. The minimum absolute atomic E-state index is 0.871. The van der Waals surface area contributed by atoms with Gasteiger partial charge in [0.15, 0.2) is 12.0 Å². The maximum Gasteiger partial charge on any atom is 0.376 e. The normalized spacial score (nSPS) is 13.1. The van der Waals surface area contributed by atoms with Crippen molar-refractivity contribution in [3.63, 3.8) is 0 Å². The molecule has 0 N–H and O–H groups in total. The van der Waals surface area contributed by atoms with Crippen molar-refractivity contribution in [3.05, 3.63) is 54.9 Å². The van der Waals surface area contributed by atoms with E-state index in [4.69, 9.17) is 0 Å². The number of rotatable bonds is 0. The van der Waals surface area contributed by atoms with Gasteiger partial charge < -0.3 is 0 Å². The van der Waals surface area contributed by atoms with Gasteiger partial charge >= 0.3 is 5.78 Å². The Balaban J connectivity index is 1.94. The summed E-state index contributed by atoms with van der Waals surface area (Å²) < 4.78 is 6.53. The first kappa shape index (κ1) is 9.27. The van der Waals surface area contributed by atoms with Gasteiger partial charge in [-0.15, -0.1) is 0 Å². The zero-order chi connectivity index (χ0) is 12.4. The molecule has 1 aliphatic heterocycles. The van der Waals surface area contributed by atoms with Crippen LogP contribution >= 0.6 is 0 Å². The molecule has 0 saturated heterocycles. The first-order valence-corrected chi connectivity index (χ1v) is 6.22. The smallest absolute Gasteiger partial charge is 0.253 e. The molecule has 0 bridgehead atoms. The lowest BCUT2D eigenvalue weighted by atomic mass is 10.2. The highest BCUT2D eigenvalue weighted by Gasteiger charge is 2.30. The van der Waals surface area contributed by atoms with E-state index in [0.717, 1.165) is 23.5 Å². The van der Waals surface area contributed by atoms with E-state index in [0.29, 0.717) is 0 Å². The van der Waals surface area contributed by atoms with Gasteiger partial charge in [0.2, 0.25) is 0 Å². The van der Waals surface area contributed by atoms with E-state index in [9.17, 15) is 0 Å². The Morgan fingerprint density at radius 3 is 3.16 bits per heavy atom. The molecular formula is C14H10N5+. The molecule has 0 aliphatic carbocycles. The molecule has 4 aromatic heterocycles. The summed E-state index contributed by atoms with van der Waals surface area (Å²) in [6.07, 6.45) is 9.78. The fraction of sp³-hybridized carbons (Fsp3) is 0.0714. The van der Waals surface area contributed by atoms with Crippen LogP contribution in [-0.2, 0) is 6.54 Å². The molecule has 1 aliphatic rings. The molecule has 0 amide bonds. The molecule has 0 fully saturated rings. The molecule has 90 valence electrons. The predicted molar refractivity (Wildman–Crippen MR) is 68.7 cm³/mol. The maximum absolute atomic E-state index is 4.50. The Morgan fingerprint density at radius 1 is 1.16 bits per heavy atom. The van der Waals surface area contributed by atoms with E-state index < -0.39 is 0 Å². The molecule has 19 heavy (non-hydrogen) atoms. The monoisotopic (exact) mass is 248 g/mol. The molecule has 0 atom stereocenters. The van der Waals surface area contributed by atoms with Crippen molar-refractivity contribution in [1.82, 2.24) is 18.9 Å². The molecule has 0 unspecified atom stereocenters. The van der Waals surface area contributed by atoms with Gasteiger partial charge in [0.05, 0.1) is 6.54 Å². The molecule has 5 heteroatoms. The summed E-state index contributed by atoms with van der Waals surface area (Å²) in [6.45, 7) is 0.871. The van der Waals surface area contributed by atoms with Crippen LogP contribution in [0.15, 0.2) is 49.3 Å². The molecule has 0 aromatic carbocycles. The number of imidazole rings is 2. The van der Waals surface area contributed by atoms with Crippen molar-refractivity contribution >= 4 is 11.3 Å². The minimum atomic E-state index is 0.871. The summed E-state index contributed by atoms with van der Waals surface area (Å²) in [5.41, 5.74) is 4.68. The van der Waals surface area contributed by atoms with Crippen LogP contribution in [0.1, 0.15) is 5.56 Å². The minimum Gasteiger partial charge on any atom is -0.253 e. The van der Waals surface area contributed by atoms with Crippen molar-refractivity contribution in [2.24, 2.45) is 0 Å². The van der Waals surface area contributed by atoms with Crippen LogP contribution in [0, 0.1) is 0 Å². The number of hydrogen-bond donors (Lipinski definition) is 0. The standard InChI is InChI=1S/C14H10N5/c1-2-10-6-18-12(13(10)16-4-1)8-17-7-11-3-5-15-9-19(11)14(17)18/h1-5,7-9H,6H2/q+1. The number of aromatic nitrogens is 5. The van der Waals surface area contributed by atoms with E-state index in [1.807, 2.05) is 30.9 Å². The third kappa shape index (κ3) is 1.03. The van der Waals surface area contributed by atoms with Gasteiger partial charge in [-0.2, -0.15) is 4.40 Å². The van der Waals surface area contributed by atoms with Gasteiger partial charge in [0.25, 0.3) is 0 Å². The highest BCUT2D eigenvalue weighted by molar-refractivity contribution is 5.66. The second kappa shape index (κ2) is 3.00. The van der Waals surface area contributed by atoms with Gasteiger partial charge in [-0.1, -0.05) is 6.07 Å². The average Bonchev–Trinajstić information content (AvgIpc) is 3.05. The van der Waals surface area contributed by atoms with Gasteiger partial charge in [-0.05, 0) is 12.1 Å². The quantitative estimate of drug-likeness (QED) is 0.387. The van der Waals surface area contributed by atoms with Crippen molar-refractivity contribution in [1.29, 1.82) is 0 Å². The first-order chi connectivity index (χ1) is 9.42. The number of hydrogen-bond acceptors (Lipinski definition) is 2. The molecule has 4 aromatic rings. The van der Waals surface area contributed by atoms with E-state index in [1.165, 1.54) is 11.3 Å². The molecule has 0 spiro atoms. The summed E-state index contributed by atoms with van der Waals surface area (Å²) in [6, 6.07) is 6.15. The zero-order valence-corrected chi connectivity index (χ0v) is 10.1. The lowest BCUT2D eigenvalue weighted by Crippen LogP contribution is -2.16. The fourth-order valence-electron chi connectivity index (χ4n) is 2.95. The molecule has 0 saturated carbocycles. The number of pyridine rings is 1. The van der Waals surface area contributed by atoms with Crippen molar-refractivity contribution in [2.45, 2.75) is 6.54 Å². The third-order valence-corrected chi connectivity index (χ3v) is 3.77. The van der Waals surface area contributed by atoms with Crippen LogP contribution in [0.5, 0.6) is 0 Å². The molecule has 5 heterocycles. The summed E-state index contributed by atoms with van der Waals surface area (Å²) in [4.78, 5) is 8.71.